The lowest BCUT2D eigenvalue weighted by molar-refractivity contribution is 0.0351. The van der Waals surface area contributed by atoms with Crippen LogP contribution in [0.4, 0.5) is 5.69 Å². The monoisotopic (exact) mass is 290 g/mol. The van der Waals surface area contributed by atoms with Gasteiger partial charge in [0.2, 0.25) is 0 Å². The number of hydrogen-bond donors (Lipinski definition) is 1. The molecule has 2 rings (SSSR count). The maximum atomic E-state index is 12.7. The van der Waals surface area contributed by atoms with Gasteiger partial charge in [0.15, 0.2) is 0 Å². The first kappa shape index (κ1) is 15.8. The van der Waals surface area contributed by atoms with Gasteiger partial charge in [-0.25, -0.2) is 0 Å². The van der Waals surface area contributed by atoms with Crippen molar-refractivity contribution in [3.05, 3.63) is 29.3 Å². The Morgan fingerprint density at radius 3 is 2.71 bits per heavy atom. The van der Waals surface area contributed by atoms with Crippen molar-refractivity contribution in [3.8, 4) is 0 Å². The molecule has 1 aromatic carbocycles. The number of aryl methyl sites for hydroxylation is 1. The van der Waals surface area contributed by atoms with Gasteiger partial charge in [0.25, 0.3) is 5.91 Å². The minimum Gasteiger partial charge on any atom is -0.384 e. The van der Waals surface area contributed by atoms with E-state index < -0.39 is 0 Å². The van der Waals surface area contributed by atoms with Crippen molar-refractivity contribution in [1.82, 2.24) is 4.90 Å². The summed E-state index contributed by atoms with van der Waals surface area (Å²) in [4.78, 5) is 14.7. The lowest BCUT2D eigenvalue weighted by Crippen LogP contribution is -2.40. The zero-order valence-electron chi connectivity index (χ0n) is 13.3. The molecule has 0 spiro atoms. The maximum Gasteiger partial charge on any atom is 0.255 e. The van der Waals surface area contributed by atoms with Crippen LogP contribution in [0.2, 0.25) is 0 Å². The molecular formula is C17H26N2O2. The van der Waals surface area contributed by atoms with Crippen LogP contribution in [0.5, 0.6) is 0 Å². The molecule has 1 aromatic rings. The number of nitrogens with zero attached hydrogens (tertiary/aromatic N) is 1. The van der Waals surface area contributed by atoms with Crippen LogP contribution in [-0.2, 0) is 4.74 Å². The lowest BCUT2D eigenvalue weighted by Gasteiger charge is -2.31. The summed E-state index contributed by atoms with van der Waals surface area (Å²) in [5, 5.41) is 3.37. The Kier molecular flexibility index (Phi) is 5.62. The molecule has 0 saturated carbocycles. The molecular weight excluding hydrogens is 264 g/mol. The first-order chi connectivity index (χ1) is 10.2. The Labute approximate surface area is 127 Å². The molecule has 4 heteroatoms. The number of nitrogens with one attached hydrogen (secondary N) is 1. The van der Waals surface area contributed by atoms with Gasteiger partial charge in [0.05, 0.1) is 11.7 Å². The second-order valence-corrected chi connectivity index (χ2v) is 5.70. The Hall–Kier alpha value is -1.55. The summed E-state index contributed by atoms with van der Waals surface area (Å²) >= 11 is 0. The number of anilines is 1. The quantitative estimate of drug-likeness (QED) is 0.906. The number of carbonyl (C=O) groups excluding carboxylic acids is 1. The van der Waals surface area contributed by atoms with Crippen LogP contribution < -0.4 is 5.32 Å². The zero-order chi connectivity index (χ0) is 15.2. The highest BCUT2D eigenvalue weighted by Gasteiger charge is 2.24. The molecule has 1 aliphatic heterocycles. The first-order valence-electron chi connectivity index (χ1n) is 7.82. The van der Waals surface area contributed by atoms with E-state index in [1.54, 1.807) is 7.11 Å². The molecule has 1 heterocycles. The topological polar surface area (TPSA) is 41.6 Å². The van der Waals surface area contributed by atoms with Crippen molar-refractivity contribution < 1.29 is 9.53 Å². The third-order valence-corrected chi connectivity index (χ3v) is 4.03. The summed E-state index contributed by atoms with van der Waals surface area (Å²) in [5.74, 6) is 0.128. The van der Waals surface area contributed by atoms with Gasteiger partial charge in [-0.15, -0.1) is 0 Å². The second kappa shape index (κ2) is 7.46. The van der Waals surface area contributed by atoms with E-state index in [4.69, 9.17) is 4.74 Å². The molecule has 1 fully saturated rings. The molecule has 4 nitrogen and oxygen atoms in total. The van der Waals surface area contributed by atoms with Gasteiger partial charge in [-0.05, 0) is 43.9 Å². The van der Waals surface area contributed by atoms with Gasteiger partial charge in [-0.2, -0.15) is 0 Å². The summed E-state index contributed by atoms with van der Waals surface area (Å²) in [6.45, 7) is 6.61. The standard InChI is InChI=1S/C17H26N2O2/c1-4-9-18-16-12-13(2)5-6-15(16)17(20)19-10-7-14(21-3)8-11-19/h5-6,12,14,18H,4,7-11H2,1-3H3. The highest BCUT2D eigenvalue weighted by atomic mass is 16.5. The van der Waals surface area contributed by atoms with Crippen molar-refractivity contribution >= 4 is 11.6 Å². The smallest absolute Gasteiger partial charge is 0.255 e. The largest absolute Gasteiger partial charge is 0.384 e. The van der Waals surface area contributed by atoms with Crippen molar-refractivity contribution in [2.75, 3.05) is 32.1 Å². The summed E-state index contributed by atoms with van der Waals surface area (Å²) in [7, 11) is 1.74. The Morgan fingerprint density at radius 1 is 1.38 bits per heavy atom. The van der Waals surface area contributed by atoms with E-state index in [9.17, 15) is 4.79 Å². The summed E-state index contributed by atoms with van der Waals surface area (Å²) in [5.41, 5.74) is 2.91. The number of benzene rings is 1. The predicted molar refractivity (Wildman–Crippen MR) is 85.9 cm³/mol. The van der Waals surface area contributed by atoms with Gasteiger partial charge >= 0.3 is 0 Å². The Bertz CT molecular complexity index is 480. The van der Waals surface area contributed by atoms with E-state index >= 15 is 0 Å². The predicted octanol–water partition coefficient (Wildman–Crippen LogP) is 3.07. The number of piperidine rings is 1. The van der Waals surface area contributed by atoms with Gasteiger partial charge in [-0.1, -0.05) is 13.0 Å². The van der Waals surface area contributed by atoms with Crippen LogP contribution in [0.25, 0.3) is 0 Å². The highest BCUT2D eigenvalue weighted by molar-refractivity contribution is 5.99. The van der Waals surface area contributed by atoms with E-state index in [2.05, 4.69) is 25.2 Å². The summed E-state index contributed by atoms with van der Waals surface area (Å²) in [6, 6.07) is 6.01. The molecule has 0 radical (unpaired) electrons. The van der Waals surface area contributed by atoms with Crippen molar-refractivity contribution in [2.45, 2.75) is 39.2 Å². The average Bonchev–Trinajstić information content (AvgIpc) is 2.52. The van der Waals surface area contributed by atoms with E-state index in [1.807, 2.05) is 17.0 Å². The minimum absolute atomic E-state index is 0.128. The fraction of sp³-hybridized carbons (Fsp3) is 0.588. The molecule has 0 bridgehead atoms. The van der Waals surface area contributed by atoms with Crippen LogP contribution in [0.15, 0.2) is 18.2 Å². The first-order valence-corrected chi connectivity index (χ1v) is 7.82. The van der Waals surface area contributed by atoms with Crippen LogP contribution in [-0.4, -0.2) is 43.7 Å². The number of carbonyl (C=O) groups is 1. The number of methoxy groups -OCH3 is 1. The van der Waals surface area contributed by atoms with Crippen LogP contribution in [0, 0.1) is 6.92 Å². The molecule has 1 amide bonds. The Morgan fingerprint density at radius 2 is 2.10 bits per heavy atom. The highest BCUT2D eigenvalue weighted by Crippen LogP contribution is 2.22. The maximum absolute atomic E-state index is 12.7. The second-order valence-electron chi connectivity index (χ2n) is 5.70. The zero-order valence-corrected chi connectivity index (χ0v) is 13.3. The van der Waals surface area contributed by atoms with Crippen LogP contribution in [0.3, 0.4) is 0 Å². The number of likely N-dealkylation sites (tertiary alicyclic amines) is 1. The number of amides is 1. The molecule has 1 N–H and O–H groups in total. The number of rotatable bonds is 5. The SMILES string of the molecule is CCCNc1cc(C)ccc1C(=O)N1CCC(OC)CC1. The van der Waals surface area contributed by atoms with Gasteiger partial charge in [-0.3, -0.25) is 4.79 Å². The molecule has 116 valence electrons. The van der Waals surface area contributed by atoms with Crippen molar-refractivity contribution in [3.63, 3.8) is 0 Å². The minimum atomic E-state index is 0.128. The summed E-state index contributed by atoms with van der Waals surface area (Å²) in [6.07, 6.45) is 3.18. The molecule has 0 aromatic heterocycles. The number of hydrogen-bond acceptors (Lipinski definition) is 3. The van der Waals surface area contributed by atoms with E-state index in [1.165, 1.54) is 5.56 Å². The third-order valence-electron chi connectivity index (χ3n) is 4.03. The molecule has 1 aliphatic rings. The fourth-order valence-electron chi connectivity index (χ4n) is 2.72. The van der Waals surface area contributed by atoms with Gasteiger partial charge in [0, 0.05) is 32.4 Å². The van der Waals surface area contributed by atoms with Gasteiger partial charge in [0.1, 0.15) is 0 Å². The van der Waals surface area contributed by atoms with Crippen LogP contribution >= 0.6 is 0 Å². The van der Waals surface area contributed by atoms with Crippen LogP contribution in [0.1, 0.15) is 42.1 Å². The molecule has 0 aliphatic carbocycles. The van der Waals surface area contributed by atoms with E-state index in [0.717, 1.165) is 50.1 Å². The molecule has 1 saturated heterocycles. The summed E-state index contributed by atoms with van der Waals surface area (Å²) < 4.78 is 5.37. The normalized spacial score (nSPS) is 16.0. The third kappa shape index (κ3) is 3.97. The Balaban J connectivity index is 2.11. The van der Waals surface area contributed by atoms with E-state index in [-0.39, 0.29) is 5.91 Å². The number of ether oxygens (including phenoxy) is 1. The molecule has 0 atom stereocenters. The fourth-order valence-corrected chi connectivity index (χ4v) is 2.72. The van der Waals surface area contributed by atoms with Gasteiger partial charge < -0.3 is 15.0 Å². The average molecular weight is 290 g/mol. The molecule has 21 heavy (non-hydrogen) atoms. The van der Waals surface area contributed by atoms with Crippen molar-refractivity contribution in [2.24, 2.45) is 0 Å². The lowest BCUT2D eigenvalue weighted by atomic mass is 10.0. The molecule has 0 unspecified atom stereocenters. The van der Waals surface area contributed by atoms with Crippen molar-refractivity contribution in [1.29, 1.82) is 0 Å². The van der Waals surface area contributed by atoms with E-state index in [0.29, 0.717) is 6.10 Å².